The molecule has 7 nitrogen and oxygen atoms in total. The Hall–Kier alpha value is -3.95. The summed E-state index contributed by atoms with van der Waals surface area (Å²) in [7, 11) is 1.25. The van der Waals surface area contributed by atoms with Gasteiger partial charge in [0, 0.05) is 11.8 Å². The smallest absolute Gasteiger partial charge is 0.416 e. The number of ether oxygens (including phenoxy) is 2. The number of carbonyl (C=O) groups is 2. The molecule has 0 aliphatic rings. The summed E-state index contributed by atoms with van der Waals surface area (Å²) in [6, 6.07) is 11.5. The molecule has 0 fully saturated rings. The zero-order valence-corrected chi connectivity index (χ0v) is 17.0. The van der Waals surface area contributed by atoms with Gasteiger partial charge < -0.3 is 9.47 Å². The Morgan fingerprint density at radius 2 is 1.72 bits per heavy atom. The summed E-state index contributed by atoms with van der Waals surface area (Å²) < 4.78 is 49.9. The Morgan fingerprint density at radius 1 is 1.03 bits per heavy atom. The van der Waals surface area contributed by atoms with Gasteiger partial charge in [0.1, 0.15) is 6.61 Å². The summed E-state index contributed by atoms with van der Waals surface area (Å²) in [5.41, 5.74) is -1.07. The van der Waals surface area contributed by atoms with E-state index < -0.39 is 34.8 Å². The quantitative estimate of drug-likeness (QED) is 0.556. The third-order valence-corrected chi connectivity index (χ3v) is 4.46. The van der Waals surface area contributed by atoms with E-state index in [2.05, 4.69) is 9.84 Å². The number of alkyl halides is 3. The fraction of sp³-hybridized carbons (Fsp3) is 0.182. The average molecular weight is 446 g/mol. The number of aryl methyl sites for hydroxylation is 1. The minimum Gasteiger partial charge on any atom is -0.465 e. The number of nitrogens with zero attached hydrogens (tertiary/aromatic N) is 2. The molecule has 2 aromatic carbocycles. The first-order chi connectivity index (χ1) is 15.1. The van der Waals surface area contributed by atoms with Crippen LogP contribution in [0.3, 0.4) is 0 Å². The van der Waals surface area contributed by atoms with Crippen molar-refractivity contribution < 1.29 is 32.2 Å². The number of rotatable bonds is 5. The number of esters is 2. The highest BCUT2D eigenvalue weighted by Gasteiger charge is 2.30. The summed E-state index contributed by atoms with van der Waals surface area (Å²) in [5.74, 6) is -1.56. The summed E-state index contributed by atoms with van der Waals surface area (Å²) in [6.07, 6.45) is -4.56. The second kappa shape index (κ2) is 9.04. The summed E-state index contributed by atoms with van der Waals surface area (Å²) >= 11 is 0. The van der Waals surface area contributed by atoms with E-state index in [-0.39, 0.29) is 18.0 Å². The monoisotopic (exact) mass is 446 g/mol. The number of carbonyl (C=O) groups excluding carboxylic acids is 2. The van der Waals surface area contributed by atoms with Crippen LogP contribution in [0, 0.1) is 6.92 Å². The minimum absolute atomic E-state index is 0.0322. The van der Waals surface area contributed by atoms with Gasteiger partial charge in [0.25, 0.3) is 0 Å². The first-order valence-electron chi connectivity index (χ1n) is 9.23. The van der Waals surface area contributed by atoms with Crippen LogP contribution in [-0.2, 0) is 22.3 Å². The maximum Gasteiger partial charge on any atom is 0.416 e. The fourth-order valence-electron chi connectivity index (χ4n) is 2.84. The Morgan fingerprint density at radius 3 is 2.34 bits per heavy atom. The van der Waals surface area contributed by atoms with Crippen molar-refractivity contribution in [1.29, 1.82) is 0 Å². The predicted molar refractivity (Wildman–Crippen MR) is 106 cm³/mol. The third kappa shape index (κ3) is 5.02. The Balaban J connectivity index is 1.83. The molecular formula is C22H17F3N2O5. The molecule has 0 N–H and O–H groups in total. The van der Waals surface area contributed by atoms with Gasteiger partial charge in [-0.25, -0.2) is 14.3 Å². The lowest BCUT2D eigenvalue weighted by Gasteiger charge is -2.13. The van der Waals surface area contributed by atoms with Gasteiger partial charge in [0.15, 0.2) is 0 Å². The fourth-order valence-corrected chi connectivity index (χ4v) is 2.84. The lowest BCUT2D eigenvalue weighted by molar-refractivity contribution is -0.137. The predicted octanol–water partition coefficient (Wildman–Crippen LogP) is 3.70. The molecule has 0 radical (unpaired) electrons. The van der Waals surface area contributed by atoms with E-state index in [1.807, 2.05) is 0 Å². The lowest BCUT2D eigenvalue weighted by Crippen LogP contribution is -2.24. The minimum atomic E-state index is -4.56. The van der Waals surface area contributed by atoms with E-state index in [0.717, 1.165) is 22.9 Å². The Bertz CT molecular complexity index is 1220. The van der Waals surface area contributed by atoms with Crippen LogP contribution in [0.1, 0.15) is 37.7 Å². The molecule has 0 aliphatic carbocycles. The summed E-state index contributed by atoms with van der Waals surface area (Å²) in [4.78, 5) is 36.1. The van der Waals surface area contributed by atoms with Crippen LogP contribution in [0.15, 0.2) is 59.4 Å². The van der Waals surface area contributed by atoms with Crippen molar-refractivity contribution in [3.63, 3.8) is 0 Å². The van der Waals surface area contributed by atoms with Crippen LogP contribution < -0.4 is 5.43 Å². The van der Waals surface area contributed by atoms with Gasteiger partial charge in [0.05, 0.1) is 23.9 Å². The van der Waals surface area contributed by atoms with Gasteiger partial charge in [-0.1, -0.05) is 18.2 Å². The van der Waals surface area contributed by atoms with E-state index >= 15 is 0 Å². The van der Waals surface area contributed by atoms with E-state index in [4.69, 9.17) is 4.74 Å². The second-order valence-corrected chi connectivity index (χ2v) is 6.72. The molecule has 3 aromatic rings. The molecule has 1 heterocycles. The van der Waals surface area contributed by atoms with Crippen molar-refractivity contribution in [2.45, 2.75) is 19.7 Å². The standard InChI is InChI=1S/C22H17F3N2O5/c1-13-10-18(28)19(26-27(13)17-5-3-4-16(11-17)22(23,24)25)21(30)32-12-14-6-8-15(9-7-14)20(29)31-2/h3-11H,12H2,1-2H3. The Kier molecular flexibility index (Phi) is 6.42. The summed E-state index contributed by atoms with van der Waals surface area (Å²) in [6.45, 7) is 1.27. The van der Waals surface area contributed by atoms with Crippen LogP contribution in [0.4, 0.5) is 13.2 Å². The molecule has 0 spiro atoms. The van der Waals surface area contributed by atoms with Crippen LogP contribution in [0.25, 0.3) is 5.69 Å². The molecule has 0 saturated heterocycles. The second-order valence-electron chi connectivity index (χ2n) is 6.72. The molecule has 3 rings (SSSR count). The SMILES string of the molecule is COC(=O)c1ccc(COC(=O)c2nn(-c3cccc(C(F)(F)F)c3)c(C)cc2=O)cc1. The van der Waals surface area contributed by atoms with Crippen molar-refractivity contribution in [3.05, 3.63) is 92.9 Å². The van der Waals surface area contributed by atoms with E-state index in [1.54, 1.807) is 12.1 Å². The molecule has 1 aromatic heterocycles. The van der Waals surface area contributed by atoms with Gasteiger partial charge in [0.2, 0.25) is 11.1 Å². The highest BCUT2D eigenvalue weighted by Crippen LogP contribution is 2.30. The first kappa shape index (κ1) is 22.7. The number of aromatic nitrogens is 2. The van der Waals surface area contributed by atoms with E-state index in [9.17, 15) is 27.6 Å². The number of hydrogen-bond donors (Lipinski definition) is 0. The molecule has 32 heavy (non-hydrogen) atoms. The van der Waals surface area contributed by atoms with Crippen LogP contribution in [0.2, 0.25) is 0 Å². The van der Waals surface area contributed by atoms with E-state index in [1.165, 1.54) is 38.3 Å². The van der Waals surface area contributed by atoms with Gasteiger partial charge in [-0.15, -0.1) is 0 Å². The molecule has 0 amide bonds. The Labute approximate surface area is 180 Å². The highest BCUT2D eigenvalue weighted by atomic mass is 19.4. The molecule has 0 unspecified atom stereocenters. The van der Waals surface area contributed by atoms with Crippen molar-refractivity contribution in [2.75, 3.05) is 7.11 Å². The molecule has 0 aliphatic heterocycles. The van der Waals surface area contributed by atoms with Crippen molar-refractivity contribution >= 4 is 11.9 Å². The third-order valence-electron chi connectivity index (χ3n) is 4.46. The number of benzene rings is 2. The van der Waals surface area contributed by atoms with Crippen LogP contribution in [0.5, 0.6) is 0 Å². The molecular weight excluding hydrogens is 429 g/mol. The van der Waals surface area contributed by atoms with Gasteiger partial charge in [-0.2, -0.15) is 18.3 Å². The maximum absolute atomic E-state index is 13.0. The van der Waals surface area contributed by atoms with Crippen LogP contribution in [-0.4, -0.2) is 28.8 Å². The van der Waals surface area contributed by atoms with Crippen molar-refractivity contribution in [3.8, 4) is 5.69 Å². The maximum atomic E-state index is 13.0. The van der Waals surface area contributed by atoms with Gasteiger partial charge in [-0.3, -0.25) is 4.79 Å². The molecule has 0 atom stereocenters. The topological polar surface area (TPSA) is 87.5 Å². The van der Waals surface area contributed by atoms with Gasteiger partial charge in [-0.05, 0) is 42.8 Å². The lowest BCUT2D eigenvalue weighted by atomic mass is 10.1. The van der Waals surface area contributed by atoms with Crippen molar-refractivity contribution in [2.24, 2.45) is 0 Å². The average Bonchev–Trinajstić information content (AvgIpc) is 2.77. The van der Waals surface area contributed by atoms with E-state index in [0.29, 0.717) is 11.1 Å². The highest BCUT2D eigenvalue weighted by molar-refractivity contribution is 5.89. The first-order valence-corrected chi connectivity index (χ1v) is 9.23. The largest absolute Gasteiger partial charge is 0.465 e. The molecule has 10 heteroatoms. The van der Waals surface area contributed by atoms with Gasteiger partial charge >= 0.3 is 18.1 Å². The van der Waals surface area contributed by atoms with Crippen molar-refractivity contribution in [1.82, 2.24) is 9.78 Å². The summed E-state index contributed by atoms with van der Waals surface area (Å²) in [5, 5.41) is 3.93. The normalized spacial score (nSPS) is 11.2. The van der Waals surface area contributed by atoms with Crippen LogP contribution >= 0.6 is 0 Å². The zero-order chi connectivity index (χ0) is 23.5. The zero-order valence-electron chi connectivity index (χ0n) is 17.0. The molecule has 0 saturated carbocycles. The molecule has 0 bridgehead atoms. The number of hydrogen-bond acceptors (Lipinski definition) is 6. The number of halogens is 3. The number of methoxy groups -OCH3 is 1. The molecule has 166 valence electrons.